The van der Waals surface area contributed by atoms with Crippen LogP contribution in [0.1, 0.15) is 16.7 Å². The van der Waals surface area contributed by atoms with Crippen molar-refractivity contribution in [2.24, 2.45) is 0 Å². The lowest BCUT2D eigenvalue weighted by Gasteiger charge is -2.22. The second kappa shape index (κ2) is 9.66. The number of allylic oxidation sites excluding steroid dienone is 2. The molecule has 0 bridgehead atoms. The molecule has 0 aliphatic heterocycles. The Kier molecular flexibility index (Phi) is 5.19. The normalized spacial score (nSPS) is 14.3. The SMILES string of the molecule is N=C1/C(=C(\Nn2c3c4ccccc4ccc3c3c4cc5ccccc5c5c6ccccc6n(c45)c32)c2cccnc2)C=Cc2ccccc21. The number of para-hydroxylation sites is 1. The van der Waals surface area contributed by atoms with Crippen molar-refractivity contribution in [2.45, 2.75) is 0 Å². The second-order valence-corrected chi connectivity index (χ2v) is 12.9. The third-order valence-corrected chi connectivity index (χ3v) is 10.3. The minimum Gasteiger partial charge on any atom is -0.300 e. The zero-order valence-corrected chi connectivity index (χ0v) is 26.3. The minimum absolute atomic E-state index is 0.478. The molecule has 2 N–H and O–H groups in total. The van der Waals surface area contributed by atoms with E-state index in [0.717, 1.165) is 44.5 Å². The Bertz CT molecular complexity index is 3080. The molecule has 0 radical (unpaired) electrons. The number of aromatic nitrogens is 3. The fourth-order valence-electron chi connectivity index (χ4n) is 8.26. The van der Waals surface area contributed by atoms with E-state index in [1.54, 1.807) is 6.20 Å². The molecular formula is C44H27N5. The number of hydrogen-bond acceptors (Lipinski definition) is 3. The van der Waals surface area contributed by atoms with E-state index in [1.807, 2.05) is 30.5 Å². The summed E-state index contributed by atoms with van der Waals surface area (Å²) >= 11 is 0. The van der Waals surface area contributed by atoms with Crippen molar-refractivity contribution in [2.75, 3.05) is 5.43 Å². The monoisotopic (exact) mass is 625 g/mol. The molecule has 5 nitrogen and oxygen atoms in total. The van der Waals surface area contributed by atoms with Gasteiger partial charge in [0.05, 0.1) is 28.0 Å². The first-order valence-corrected chi connectivity index (χ1v) is 16.6. The van der Waals surface area contributed by atoms with Crippen molar-refractivity contribution in [1.82, 2.24) is 14.1 Å². The molecule has 11 rings (SSSR count). The van der Waals surface area contributed by atoms with E-state index in [9.17, 15) is 5.41 Å². The van der Waals surface area contributed by atoms with Crippen molar-refractivity contribution < 1.29 is 0 Å². The lowest BCUT2D eigenvalue weighted by Crippen LogP contribution is -2.20. The first-order chi connectivity index (χ1) is 24.3. The van der Waals surface area contributed by atoms with Crippen LogP contribution in [0.15, 0.2) is 151 Å². The summed E-state index contributed by atoms with van der Waals surface area (Å²) in [6.07, 6.45) is 7.85. The van der Waals surface area contributed by atoms with Crippen molar-refractivity contribution in [3.63, 3.8) is 0 Å². The standard InChI is InChI=1S/C44H27N5/c45-40-31-15-5-1-10-26(31)20-22-35(40)41(29-13-9-23-46-25-29)47-49-42-32-16-6-2-11-27(32)19-21-34(42)39-36-24-28-12-3-4-14-30(28)38-33-17-7-8-18-37(33)48(43(36)38)44(39)49/h1-25,45,47H/b41-35-,45-40?. The summed E-state index contributed by atoms with van der Waals surface area (Å²) < 4.78 is 4.73. The van der Waals surface area contributed by atoms with E-state index in [1.165, 1.54) is 54.1 Å². The molecule has 1 aliphatic rings. The first kappa shape index (κ1) is 26.4. The Hall–Kier alpha value is -6.72. The molecule has 10 aromatic rings. The van der Waals surface area contributed by atoms with Gasteiger partial charge in [0.15, 0.2) is 0 Å². The van der Waals surface area contributed by atoms with E-state index in [0.29, 0.717) is 5.71 Å². The predicted octanol–water partition coefficient (Wildman–Crippen LogP) is 10.5. The summed E-state index contributed by atoms with van der Waals surface area (Å²) in [5.74, 6) is 0. The molecule has 4 aromatic heterocycles. The van der Waals surface area contributed by atoms with Gasteiger partial charge in [-0.15, -0.1) is 0 Å². The number of pyridine rings is 1. The van der Waals surface area contributed by atoms with Gasteiger partial charge in [-0.25, -0.2) is 4.68 Å². The summed E-state index contributed by atoms with van der Waals surface area (Å²) in [4.78, 5) is 4.53. The molecule has 1 aliphatic carbocycles. The fraction of sp³-hybridized carbons (Fsp3) is 0. The van der Waals surface area contributed by atoms with Gasteiger partial charge < -0.3 is 0 Å². The Morgan fingerprint density at radius 3 is 2.27 bits per heavy atom. The quantitative estimate of drug-likeness (QED) is 0.205. The van der Waals surface area contributed by atoms with Gasteiger partial charge >= 0.3 is 0 Å². The Labute approximate surface area is 280 Å². The number of nitrogens with zero attached hydrogens (tertiary/aromatic N) is 3. The second-order valence-electron chi connectivity index (χ2n) is 12.9. The Balaban J connectivity index is 1.34. The average Bonchev–Trinajstić information content (AvgIpc) is 3.79. The molecule has 0 unspecified atom stereocenters. The van der Waals surface area contributed by atoms with Crippen LogP contribution >= 0.6 is 0 Å². The predicted molar refractivity (Wildman–Crippen MR) is 204 cm³/mol. The van der Waals surface area contributed by atoms with Crippen LogP contribution in [0, 0.1) is 5.41 Å². The maximum Gasteiger partial charge on any atom is 0.146 e. The molecule has 0 spiro atoms. The van der Waals surface area contributed by atoms with Crippen LogP contribution in [0.2, 0.25) is 0 Å². The molecule has 228 valence electrons. The van der Waals surface area contributed by atoms with E-state index < -0.39 is 0 Å². The molecule has 4 heterocycles. The van der Waals surface area contributed by atoms with Gasteiger partial charge in [0.25, 0.3) is 0 Å². The highest BCUT2D eigenvalue weighted by molar-refractivity contribution is 6.36. The van der Waals surface area contributed by atoms with Crippen LogP contribution < -0.4 is 5.43 Å². The third kappa shape index (κ3) is 3.48. The average molecular weight is 626 g/mol. The molecule has 6 aromatic carbocycles. The van der Waals surface area contributed by atoms with Crippen molar-refractivity contribution in [1.29, 1.82) is 5.41 Å². The third-order valence-electron chi connectivity index (χ3n) is 10.3. The van der Waals surface area contributed by atoms with Crippen LogP contribution in [-0.4, -0.2) is 19.8 Å². The zero-order chi connectivity index (χ0) is 32.2. The van der Waals surface area contributed by atoms with Crippen LogP contribution in [0.5, 0.6) is 0 Å². The molecule has 0 saturated carbocycles. The van der Waals surface area contributed by atoms with Crippen molar-refractivity contribution in [3.8, 4) is 0 Å². The van der Waals surface area contributed by atoms with Gasteiger partial charge in [0.1, 0.15) is 5.65 Å². The molecule has 5 heteroatoms. The number of rotatable bonds is 3. The fourth-order valence-corrected chi connectivity index (χ4v) is 8.26. The molecule has 49 heavy (non-hydrogen) atoms. The summed E-state index contributed by atoms with van der Waals surface area (Å²) in [7, 11) is 0. The largest absolute Gasteiger partial charge is 0.300 e. The molecule has 0 fully saturated rings. The lowest BCUT2D eigenvalue weighted by atomic mass is 9.89. The maximum absolute atomic E-state index is 9.46. The maximum atomic E-state index is 9.46. The smallest absolute Gasteiger partial charge is 0.146 e. The number of nitrogens with one attached hydrogen (secondary N) is 2. The van der Waals surface area contributed by atoms with E-state index in [4.69, 9.17) is 0 Å². The topological polar surface area (TPSA) is 58.1 Å². The molecular weight excluding hydrogens is 599 g/mol. The van der Waals surface area contributed by atoms with E-state index in [-0.39, 0.29) is 0 Å². The van der Waals surface area contributed by atoms with Crippen molar-refractivity contribution >= 4 is 88.2 Å². The molecule has 0 amide bonds. The summed E-state index contributed by atoms with van der Waals surface area (Å²) in [6.45, 7) is 0. The van der Waals surface area contributed by atoms with Gasteiger partial charge in [0, 0.05) is 61.4 Å². The van der Waals surface area contributed by atoms with Gasteiger partial charge in [0.2, 0.25) is 0 Å². The summed E-state index contributed by atoms with van der Waals surface area (Å²) in [6, 6.07) is 45.1. The summed E-state index contributed by atoms with van der Waals surface area (Å²) in [5.41, 5.74) is 13.5. The highest BCUT2D eigenvalue weighted by Crippen LogP contribution is 2.47. The van der Waals surface area contributed by atoms with Gasteiger partial charge in [-0.3, -0.25) is 20.2 Å². The van der Waals surface area contributed by atoms with Crippen LogP contribution in [0.3, 0.4) is 0 Å². The van der Waals surface area contributed by atoms with Gasteiger partial charge in [-0.05, 0) is 46.0 Å². The van der Waals surface area contributed by atoms with Crippen LogP contribution in [0.25, 0.3) is 82.4 Å². The van der Waals surface area contributed by atoms with Gasteiger partial charge in [-0.1, -0.05) is 115 Å². The molecule has 0 saturated heterocycles. The van der Waals surface area contributed by atoms with E-state index in [2.05, 4.69) is 135 Å². The summed E-state index contributed by atoms with van der Waals surface area (Å²) in [5, 5.41) is 20.4. The van der Waals surface area contributed by atoms with Crippen LogP contribution in [0.4, 0.5) is 0 Å². The highest BCUT2D eigenvalue weighted by Gasteiger charge is 2.27. The number of benzene rings is 6. The van der Waals surface area contributed by atoms with Crippen molar-refractivity contribution in [3.05, 3.63) is 168 Å². The Morgan fingerprint density at radius 2 is 1.39 bits per heavy atom. The minimum atomic E-state index is 0.478. The van der Waals surface area contributed by atoms with Gasteiger partial charge in [-0.2, -0.15) is 0 Å². The highest BCUT2D eigenvalue weighted by atomic mass is 15.4. The number of fused-ring (bicyclic) bond motifs is 13. The lowest BCUT2D eigenvalue weighted by molar-refractivity contribution is 1.03. The van der Waals surface area contributed by atoms with Crippen LogP contribution in [-0.2, 0) is 0 Å². The Morgan fingerprint density at radius 1 is 0.612 bits per heavy atom. The molecule has 0 atom stereocenters. The first-order valence-electron chi connectivity index (χ1n) is 16.6. The number of hydrogen-bond donors (Lipinski definition) is 2. The zero-order valence-electron chi connectivity index (χ0n) is 26.3. The van der Waals surface area contributed by atoms with E-state index >= 15 is 0 Å².